The number of imidazole rings is 1. The number of allylic oxidation sites excluding steroid dienone is 4. The number of benzene rings is 3. The summed E-state index contributed by atoms with van der Waals surface area (Å²) in [5, 5.41) is 17.4. The minimum Gasteiger partial charge on any atom is -0.744 e. The van der Waals surface area contributed by atoms with Crippen LogP contribution in [0.4, 0.5) is 17.3 Å². The van der Waals surface area contributed by atoms with Crippen molar-refractivity contribution in [2.75, 3.05) is 23.7 Å². The topological polar surface area (TPSA) is 224 Å². The summed E-state index contributed by atoms with van der Waals surface area (Å²) in [6.07, 6.45) is 9.17. The fourth-order valence-electron chi connectivity index (χ4n) is 8.35. The van der Waals surface area contributed by atoms with E-state index in [4.69, 9.17) is 10.5 Å². The molecule has 4 N–H and O–H groups in total. The summed E-state index contributed by atoms with van der Waals surface area (Å²) in [4.78, 5) is 31.3. The summed E-state index contributed by atoms with van der Waals surface area (Å²) in [7, 11) is -4.63. The maximum atomic E-state index is 13.2. The van der Waals surface area contributed by atoms with E-state index in [1.807, 2.05) is 75.4 Å². The number of ether oxygens (including phenoxy) is 1. The molecular formula is C43H47N8NaO8S2. The molecular weight excluding hydrogens is 844 g/mol. The molecule has 2 aliphatic heterocycles. The third kappa shape index (κ3) is 9.63. The molecule has 0 radical (unpaired) electrons. The molecule has 19 heteroatoms. The van der Waals surface area contributed by atoms with Crippen molar-refractivity contribution >= 4 is 62.3 Å². The van der Waals surface area contributed by atoms with Crippen molar-refractivity contribution in [2.24, 2.45) is 0 Å². The first kappa shape index (κ1) is 46.9. The van der Waals surface area contributed by atoms with Crippen LogP contribution in [0.25, 0.3) is 11.2 Å². The number of fused-ring (bicyclic) bond motifs is 3. The predicted octanol–water partition coefficient (Wildman–Crippen LogP) is 2.77. The maximum Gasteiger partial charge on any atom is 1.00 e. The smallest absolute Gasteiger partial charge is 0.744 e. The number of nitrogens with zero attached hydrogens (tertiary/aromatic N) is 5. The molecule has 0 aliphatic carbocycles. The zero-order valence-corrected chi connectivity index (χ0v) is 39.1. The minimum atomic E-state index is -4.63. The molecule has 0 spiro atoms. The Morgan fingerprint density at radius 2 is 1.81 bits per heavy atom. The van der Waals surface area contributed by atoms with Gasteiger partial charge in [0.05, 0.1) is 28.7 Å². The van der Waals surface area contributed by atoms with Crippen LogP contribution in [-0.4, -0.2) is 62.2 Å². The average Bonchev–Trinajstić information content (AvgIpc) is 3.87. The number of carbonyl (C=O) groups excluding carboxylic acids is 1. The number of nitrogen functional groups attached to an aromatic ring is 1. The summed E-state index contributed by atoms with van der Waals surface area (Å²) >= 11 is 0.831. The number of nitrogens with one attached hydrogen (secondary N) is 2. The van der Waals surface area contributed by atoms with Crippen LogP contribution >= 0.6 is 12.0 Å². The third-order valence-electron chi connectivity index (χ3n) is 11.4. The molecule has 1 unspecified atom stereocenters. The van der Waals surface area contributed by atoms with Crippen LogP contribution in [0.1, 0.15) is 76.1 Å². The largest absolute Gasteiger partial charge is 1.00 e. The number of carbonyl (C=O) groups is 1. The summed E-state index contributed by atoms with van der Waals surface area (Å²) in [5.41, 5.74) is 13.2. The van der Waals surface area contributed by atoms with Crippen molar-refractivity contribution in [1.29, 1.82) is 0 Å². The number of aromatic nitrogens is 4. The molecule has 62 heavy (non-hydrogen) atoms. The second-order valence-electron chi connectivity index (χ2n) is 15.5. The number of anilines is 2. The second kappa shape index (κ2) is 19.4. The monoisotopic (exact) mass is 890 g/mol. The van der Waals surface area contributed by atoms with E-state index < -0.39 is 20.9 Å². The van der Waals surface area contributed by atoms with Crippen LogP contribution in [0, 0.1) is 0 Å². The first-order chi connectivity index (χ1) is 29.2. The van der Waals surface area contributed by atoms with Crippen LogP contribution < -0.4 is 55.5 Å². The fraction of sp³-hybridized carbons (Fsp3) is 0.326. The summed E-state index contributed by atoms with van der Waals surface area (Å²) in [6, 6.07) is 18.2. The molecule has 0 saturated carbocycles. The molecule has 1 atom stereocenters. The number of hydrogen-bond acceptors (Lipinski definition) is 14. The SMILES string of the molecule is CCN1/C(=C/C=C/C2=[N+](CC)c3ccc(S(=O)(=O)[O-])cc3C2(C)C)C(C)(CCCC(=O)NCc2ccc(COc3nc(N)nc4nc[nH]c34)cc2)c2cc(SOO[O-])ccc21.[Na+]. The van der Waals surface area contributed by atoms with Gasteiger partial charge in [-0.2, -0.15) is 18.9 Å². The van der Waals surface area contributed by atoms with E-state index in [2.05, 4.69) is 64.0 Å². The standard InChI is InChI=1S/C43H48N8O8S2.Na/c1-6-50-33-20-18-30(61(54,55)56)23-31(33)42(3,4)35(50)10-8-11-36-43(5,32-22-29(60-59-58-53)17-19-34(32)51(36)7-2)21-9-12-37(52)45-24-27-13-15-28(16-14-27)25-57-40-38-39(47-26-46-38)48-41(44)49-40;/h8,10-11,13-20,22-23,26H,6-7,9,12,21,24-25H2,1-5H3,(H5-,44,45,46,47,48,49,52,53,54,55,56);/q;+1/p-1. The molecule has 7 rings (SSSR count). The second-order valence-corrected chi connectivity index (χ2v) is 17.7. The van der Waals surface area contributed by atoms with Crippen molar-refractivity contribution in [3.05, 3.63) is 113 Å². The Kier molecular flexibility index (Phi) is 14.7. The van der Waals surface area contributed by atoms with Crippen molar-refractivity contribution in [2.45, 2.75) is 87.7 Å². The van der Waals surface area contributed by atoms with Gasteiger partial charge in [0, 0.05) is 58.9 Å². The quantitative estimate of drug-likeness (QED) is 0.0305. The maximum absolute atomic E-state index is 13.2. The number of hydrogen-bond donors (Lipinski definition) is 3. The minimum absolute atomic E-state index is 0. The Bertz CT molecular complexity index is 2670. The van der Waals surface area contributed by atoms with Gasteiger partial charge in [0.2, 0.25) is 23.4 Å². The molecule has 3 aromatic carbocycles. The van der Waals surface area contributed by atoms with Crippen molar-refractivity contribution in [3.63, 3.8) is 0 Å². The molecule has 0 bridgehead atoms. The van der Waals surface area contributed by atoms with Gasteiger partial charge in [0.25, 0.3) is 0 Å². The van der Waals surface area contributed by atoms with E-state index in [9.17, 15) is 23.0 Å². The van der Waals surface area contributed by atoms with Crippen LogP contribution in [-0.2, 0) is 48.3 Å². The van der Waals surface area contributed by atoms with Crippen LogP contribution in [0.5, 0.6) is 5.88 Å². The van der Waals surface area contributed by atoms with E-state index in [1.54, 1.807) is 6.07 Å². The first-order valence-electron chi connectivity index (χ1n) is 19.8. The normalized spacial score (nSPS) is 17.5. The zero-order valence-electron chi connectivity index (χ0n) is 35.4. The molecule has 1 amide bonds. The Morgan fingerprint density at radius 1 is 1.05 bits per heavy atom. The fourth-order valence-corrected chi connectivity index (χ4v) is 9.24. The third-order valence-corrected chi connectivity index (χ3v) is 12.8. The average molecular weight is 891 g/mol. The number of rotatable bonds is 17. The molecule has 2 aromatic heterocycles. The number of likely N-dealkylation sites (N-methyl/N-ethyl adjacent to an activating group) is 1. The van der Waals surface area contributed by atoms with Gasteiger partial charge in [0.15, 0.2) is 11.4 Å². The van der Waals surface area contributed by atoms with Gasteiger partial charge in [-0.25, -0.2) is 13.4 Å². The predicted molar refractivity (Wildman–Crippen MR) is 228 cm³/mol. The number of aromatic amines is 1. The molecule has 320 valence electrons. The van der Waals surface area contributed by atoms with E-state index in [-0.39, 0.29) is 52.9 Å². The Labute approximate surface area is 386 Å². The summed E-state index contributed by atoms with van der Waals surface area (Å²) in [6.45, 7) is 12.2. The van der Waals surface area contributed by atoms with Crippen molar-refractivity contribution < 1.29 is 71.3 Å². The molecule has 2 aliphatic rings. The van der Waals surface area contributed by atoms with Gasteiger partial charge in [-0.1, -0.05) is 30.3 Å². The number of amides is 1. The molecule has 16 nitrogen and oxygen atoms in total. The van der Waals surface area contributed by atoms with Gasteiger partial charge in [0.1, 0.15) is 28.8 Å². The van der Waals surface area contributed by atoms with Crippen LogP contribution in [0.3, 0.4) is 0 Å². The Balaban J connectivity index is 0.00000641. The zero-order chi connectivity index (χ0) is 43.5. The Morgan fingerprint density at radius 3 is 2.52 bits per heavy atom. The molecule has 0 saturated heterocycles. The molecule has 0 fully saturated rings. The number of nitrogens with two attached hydrogens (primary N) is 1. The van der Waals surface area contributed by atoms with Gasteiger partial charge < -0.3 is 35.5 Å². The molecule has 5 aromatic rings. The summed E-state index contributed by atoms with van der Waals surface area (Å²) < 4.78 is 48.4. The van der Waals surface area contributed by atoms with Gasteiger partial charge in [-0.15, -0.1) is 0 Å². The van der Waals surface area contributed by atoms with E-state index >= 15 is 0 Å². The van der Waals surface area contributed by atoms with Gasteiger partial charge in [-0.3, -0.25) is 9.83 Å². The number of H-pyrrole nitrogens is 1. The van der Waals surface area contributed by atoms with Crippen molar-refractivity contribution in [3.8, 4) is 5.88 Å². The van der Waals surface area contributed by atoms with Gasteiger partial charge >= 0.3 is 29.6 Å². The van der Waals surface area contributed by atoms with E-state index in [1.165, 1.54) is 18.5 Å². The van der Waals surface area contributed by atoms with Crippen LogP contribution in [0.15, 0.2) is 101 Å². The van der Waals surface area contributed by atoms with E-state index in [0.29, 0.717) is 60.8 Å². The molecule has 4 heterocycles. The van der Waals surface area contributed by atoms with E-state index in [0.717, 1.165) is 57.1 Å². The van der Waals surface area contributed by atoms with Crippen molar-refractivity contribution in [1.82, 2.24) is 25.3 Å². The Hall–Kier alpha value is -4.63. The first-order valence-corrected chi connectivity index (χ1v) is 22.0. The summed E-state index contributed by atoms with van der Waals surface area (Å²) in [5.74, 6) is 0.313. The van der Waals surface area contributed by atoms with Crippen LogP contribution in [0.2, 0.25) is 0 Å². The van der Waals surface area contributed by atoms with Gasteiger partial charge in [-0.05, 0) is 101 Å².